The van der Waals surface area contributed by atoms with E-state index in [4.69, 9.17) is 19.5 Å². The van der Waals surface area contributed by atoms with E-state index in [9.17, 15) is 0 Å². The zero-order valence-electron chi connectivity index (χ0n) is 12.9. The van der Waals surface area contributed by atoms with Gasteiger partial charge in [0.15, 0.2) is 0 Å². The maximum absolute atomic E-state index is 5.55. The molecule has 0 aromatic carbocycles. The second-order valence-electron chi connectivity index (χ2n) is 5.40. The minimum absolute atomic E-state index is 0.134. The Bertz CT molecular complexity index is 468. The molecular formula is C15H22Br2N2O2. The maximum atomic E-state index is 5.55. The van der Waals surface area contributed by atoms with Gasteiger partial charge in [-0.25, -0.2) is 9.98 Å². The lowest BCUT2D eigenvalue weighted by Crippen LogP contribution is -2.46. The minimum Gasteiger partial charge on any atom is -0.483 e. The van der Waals surface area contributed by atoms with E-state index in [0.717, 1.165) is 8.96 Å². The van der Waals surface area contributed by atoms with Gasteiger partial charge in [0.25, 0.3) is 0 Å². The summed E-state index contributed by atoms with van der Waals surface area (Å²) >= 11 is 6.84. The molecule has 0 amide bonds. The van der Waals surface area contributed by atoms with E-state index in [1.165, 1.54) is 0 Å². The highest BCUT2D eigenvalue weighted by Crippen LogP contribution is 2.37. The molecule has 0 fully saturated rings. The van der Waals surface area contributed by atoms with Crippen LogP contribution in [0.5, 0.6) is 0 Å². The van der Waals surface area contributed by atoms with Crippen molar-refractivity contribution in [3.05, 3.63) is 22.1 Å². The summed E-state index contributed by atoms with van der Waals surface area (Å²) in [6, 6.07) is -0.134. The van der Waals surface area contributed by atoms with Crippen LogP contribution in [0.1, 0.15) is 26.7 Å². The molecule has 0 aromatic heterocycles. The van der Waals surface area contributed by atoms with Gasteiger partial charge in [-0.1, -0.05) is 58.9 Å². The molecule has 0 saturated carbocycles. The van der Waals surface area contributed by atoms with E-state index >= 15 is 0 Å². The maximum Gasteiger partial charge on any atom is 0.213 e. The van der Waals surface area contributed by atoms with E-state index in [-0.39, 0.29) is 12.0 Å². The predicted molar refractivity (Wildman–Crippen MR) is 95.6 cm³/mol. The Balaban J connectivity index is 3.37. The normalized spacial score (nSPS) is 20.6. The molecular weight excluding hydrogens is 400 g/mol. The monoisotopic (exact) mass is 420 g/mol. The highest BCUT2D eigenvalue weighted by Gasteiger charge is 2.43. The third-order valence-corrected chi connectivity index (χ3v) is 3.79. The van der Waals surface area contributed by atoms with Gasteiger partial charge in [0.05, 0.1) is 14.2 Å². The largest absolute Gasteiger partial charge is 0.483 e. The van der Waals surface area contributed by atoms with Crippen LogP contribution in [-0.4, -0.2) is 37.6 Å². The van der Waals surface area contributed by atoms with Crippen molar-refractivity contribution in [1.29, 1.82) is 0 Å². The van der Waals surface area contributed by atoms with Gasteiger partial charge in [-0.15, -0.1) is 0 Å². The van der Waals surface area contributed by atoms with Gasteiger partial charge >= 0.3 is 0 Å². The van der Waals surface area contributed by atoms with E-state index in [2.05, 4.69) is 58.9 Å². The molecule has 0 N–H and O–H groups in total. The van der Waals surface area contributed by atoms with Gasteiger partial charge in [0, 0.05) is 12.8 Å². The summed E-state index contributed by atoms with van der Waals surface area (Å²) in [6.45, 7) is 12.0. The molecule has 4 nitrogen and oxygen atoms in total. The highest BCUT2D eigenvalue weighted by molar-refractivity contribution is 9.12. The van der Waals surface area contributed by atoms with Crippen LogP contribution in [0.4, 0.5) is 0 Å². The van der Waals surface area contributed by atoms with Crippen molar-refractivity contribution >= 4 is 43.7 Å². The molecule has 1 aliphatic rings. The van der Waals surface area contributed by atoms with Crippen molar-refractivity contribution in [3.63, 3.8) is 0 Å². The molecule has 0 bridgehead atoms. The van der Waals surface area contributed by atoms with Gasteiger partial charge in [-0.3, -0.25) is 0 Å². The van der Waals surface area contributed by atoms with Crippen LogP contribution in [0, 0.1) is 5.92 Å². The average molecular weight is 422 g/mol. The quantitative estimate of drug-likeness (QED) is 0.657. The lowest BCUT2D eigenvalue weighted by molar-refractivity contribution is 0.304. The van der Waals surface area contributed by atoms with Gasteiger partial charge in [0.1, 0.15) is 11.6 Å². The fourth-order valence-electron chi connectivity index (χ4n) is 2.40. The molecule has 0 spiro atoms. The van der Waals surface area contributed by atoms with Crippen molar-refractivity contribution in [2.45, 2.75) is 38.3 Å². The van der Waals surface area contributed by atoms with Gasteiger partial charge in [0.2, 0.25) is 11.8 Å². The standard InChI is InChI=1S/C15H22Br2N2O2/c1-9(2)12-13(20-5)19-15(7-10(3)16,8-11(4)17)14(18-12)21-6/h9,12H,3-4,7-8H2,1-2,5-6H3/t12-/m0/s1. The molecule has 0 aliphatic carbocycles. The molecule has 1 rings (SSSR count). The molecule has 0 radical (unpaired) electrons. The van der Waals surface area contributed by atoms with E-state index in [0.29, 0.717) is 24.6 Å². The van der Waals surface area contributed by atoms with Crippen LogP contribution in [-0.2, 0) is 9.47 Å². The predicted octanol–water partition coefficient (Wildman–Crippen LogP) is 4.45. The second-order valence-corrected chi connectivity index (χ2v) is 7.64. The summed E-state index contributed by atoms with van der Waals surface area (Å²) in [5.74, 6) is 1.47. The zero-order chi connectivity index (χ0) is 16.2. The molecule has 1 heterocycles. The van der Waals surface area contributed by atoms with Crippen molar-refractivity contribution in [3.8, 4) is 0 Å². The van der Waals surface area contributed by atoms with Crippen LogP contribution in [0.3, 0.4) is 0 Å². The third-order valence-electron chi connectivity index (χ3n) is 3.23. The summed E-state index contributed by atoms with van der Waals surface area (Å²) in [7, 11) is 3.24. The van der Waals surface area contributed by atoms with E-state index in [1.807, 2.05) is 0 Å². The molecule has 21 heavy (non-hydrogen) atoms. The smallest absolute Gasteiger partial charge is 0.213 e. The van der Waals surface area contributed by atoms with Crippen molar-refractivity contribution in [1.82, 2.24) is 0 Å². The molecule has 118 valence electrons. The minimum atomic E-state index is -0.674. The summed E-state index contributed by atoms with van der Waals surface area (Å²) in [5, 5.41) is 0. The number of methoxy groups -OCH3 is 2. The fraction of sp³-hybridized carbons (Fsp3) is 0.600. The SMILES string of the molecule is C=C(Br)CC1(CC(=C)Br)N=C(OC)[C@H](C(C)C)N=C1OC. The number of aliphatic imine (C=N–C) groups is 2. The Morgan fingerprint density at radius 1 is 1.19 bits per heavy atom. The summed E-state index contributed by atoms with van der Waals surface area (Å²) in [4.78, 5) is 9.55. The Labute approximate surface area is 143 Å². The first-order chi connectivity index (χ1) is 9.75. The number of rotatable bonds is 5. The van der Waals surface area contributed by atoms with Crippen molar-refractivity contribution in [2.75, 3.05) is 14.2 Å². The molecule has 1 aliphatic heterocycles. The fourth-order valence-corrected chi connectivity index (χ4v) is 3.32. The van der Waals surface area contributed by atoms with Crippen LogP contribution in [0.25, 0.3) is 0 Å². The van der Waals surface area contributed by atoms with E-state index in [1.54, 1.807) is 14.2 Å². The Kier molecular flexibility index (Phi) is 6.66. The first-order valence-electron chi connectivity index (χ1n) is 6.68. The van der Waals surface area contributed by atoms with Gasteiger partial charge in [-0.05, 0) is 14.9 Å². The Morgan fingerprint density at radius 3 is 2.05 bits per heavy atom. The van der Waals surface area contributed by atoms with Crippen LogP contribution >= 0.6 is 31.9 Å². The molecule has 0 unspecified atom stereocenters. The summed E-state index contributed by atoms with van der Waals surface area (Å²) < 4.78 is 12.7. The van der Waals surface area contributed by atoms with Crippen LogP contribution < -0.4 is 0 Å². The first-order valence-corrected chi connectivity index (χ1v) is 8.27. The number of halogens is 2. The lowest BCUT2D eigenvalue weighted by Gasteiger charge is -2.36. The first kappa shape index (κ1) is 18.4. The Morgan fingerprint density at radius 2 is 1.71 bits per heavy atom. The van der Waals surface area contributed by atoms with Crippen LogP contribution in [0.2, 0.25) is 0 Å². The lowest BCUT2D eigenvalue weighted by atomic mass is 9.88. The number of hydrogen-bond acceptors (Lipinski definition) is 4. The van der Waals surface area contributed by atoms with Crippen molar-refractivity contribution in [2.24, 2.45) is 15.9 Å². The number of ether oxygens (including phenoxy) is 2. The highest BCUT2D eigenvalue weighted by atomic mass is 79.9. The summed E-state index contributed by atoms with van der Waals surface area (Å²) in [5.41, 5.74) is -0.674. The number of hydrogen-bond donors (Lipinski definition) is 0. The van der Waals surface area contributed by atoms with E-state index < -0.39 is 5.54 Å². The van der Waals surface area contributed by atoms with Crippen LogP contribution in [0.15, 0.2) is 32.1 Å². The average Bonchev–Trinajstić information content (AvgIpc) is 2.35. The Hall–Kier alpha value is -0.620. The molecule has 1 atom stereocenters. The van der Waals surface area contributed by atoms with Gasteiger partial charge < -0.3 is 9.47 Å². The third kappa shape index (κ3) is 4.42. The molecule has 0 saturated heterocycles. The topological polar surface area (TPSA) is 43.2 Å². The molecule has 0 aromatic rings. The van der Waals surface area contributed by atoms with Crippen molar-refractivity contribution < 1.29 is 9.47 Å². The summed E-state index contributed by atoms with van der Waals surface area (Å²) in [6.07, 6.45) is 1.12. The number of nitrogens with zero attached hydrogens (tertiary/aromatic N) is 2. The molecule has 6 heteroatoms. The zero-order valence-corrected chi connectivity index (χ0v) is 16.1. The van der Waals surface area contributed by atoms with Gasteiger partial charge in [-0.2, -0.15) is 0 Å². The second kappa shape index (κ2) is 7.58.